The van der Waals surface area contributed by atoms with Crippen LogP contribution in [0.3, 0.4) is 0 Å². The number of aryl methyl sites for hydroxylation is 1. The van der Waals surface area contributed by atoms with Gasteiger partial charge < -0.3 is 4.90 Å². The zero-order chi connectivity index (χ0) is 16.0. The quantitative estimate of drug-likeness (QED) is 0.797. The van der Waals surface area contributed by atoms with Crippen LogP contribution in [0.4, 0.5) is 5.69 Å². The first-order valence-electron chi connectivity index (χ1n) is 7.64. The number of carbonyl (C=O) groups is 1. The van der Waals surface area contributed by atoms with Gasteiger partial charge in [0, 0.05) is 31.7 Å². The third kappa shape index (κ3) is 4.99. The van der Waals surface area contributed by atoms with Gasteiger partial charge in [0.1, 0.15) is 0 Å². The first kappa shape index (κ1) is 16.8. The van der Waals surface area contributed by atoms with Crippen LogP contribution >= 0.6 is 0 Å². The van der Waals surface area contributed by atoms with Gasteiger partial charge >= 0.3 is 0 Å². The minimum atomic E-state index is -3.50. The monoisotopic (exact) mass is 325 g/mol. The van der Waals surface area contributed by atoms with Gasteiger partial charge in [-0.1, -0.05) is 19.1 Å². The van der Waals surface area contributed by atoms with Crippen LogP contribution in [0.15, 0.2) is 24.3 Å². The van der Waals surface area contributed by atoms with E-state index >= 15 is 0 Å². The molecule has 1 aliphatic rings. The first-order valence-corrected chi connectivity index (χ1v) is 9.12. The van der Waals surface area contributed by atoms with Crippen LogP contribution < -0.4 is 9.44 Å². The number of nitrogens with one attached hydrogen (secondary N) is 2. The van der Waals surface area contributed by atoms with Crippen molar-refractivity contribution in [3.63, 3.8) is 0 Å². The van der Waals surface area contributed by atoms with Gasteiger partial charge in [0.05, 0.1) is 0 Å². The molecule has 1 aromatic carbocycles. The summed E-state index contributed by atoms with van der Waals surface area (Å²) in [5, 5.41) is 0. The molecule has 2 rings (SSSR count). The summed E-state index contributed by atoms with van der Waals surface area (Å²) in [7, 11) is -3.50. The second-order valence-corrected chi connectivity index (χ2v) is 6.89. The fraction of sp³-hybridized carbons (Fsp3) is 0.533. The van der Waals surface area contributed by atoms with Crippen LogP contribution in [0.5, 0.6) is 0 Å². The molecule has 6 nitrogen and oxygen atoms in total. The molecule has 0 unspecified atom stereocenters. The smallest absolute Gasteiger partial charge is 0.299 e. The van der Waals surface area contributed by atoms with E-state index in [1.807, 2.05) is 17.0 Å². The van der Waals surface area contributed by atoms with Crippen molar-refractivity contribution in [3.05, 3.63) is 29.8 Å². The van der Waals surface area contributed by atoms with E-state index < -0.39 is 10.2 Å². The molecule has 0 aliphatic carbocycles. The highest BCUT2D eigenvalue weighted by Gasteiger charge is 2.17. The van der Waals surface area contributed by atoms with E-state index in [-0.39, 0.29) is 5.91 Å². The molecule has 1 aliphatic heterocycles. The van der Waals surface area contributed by atoms with E-state index in [2.05, 4.69) is 9.44 Å². The average Bonchev–Trinajstić information content (AvgIpc) is 3.00. The Bertz CT molecular complexity index is 593. The van der Waals surface area contributed by atoms with E-state index in [1.165, 1.54) is 0 Å². The van der Waals surface area contributed by atoms with Crippen LogP contribution in [0.2, 0.25) is 0 Å². The number of anilines is 1. The third-order valence-electron chi connectivity index (χ3n) is 3.63. The Hall–Kier alpha value is -1.60. The maximum atomic E-state index is 12.0. The highest BCUT2D eigenvalue weighted by atomic mass is 32.2. The minimum absolute atomic E-state index is 0.203. The Morgan fingerprint density at radius 2 is 1.82 bits per heavy atom. The summed E-state index contributed by atoms with van der Waals surface area (Å²) in [6.07, 6.45) is 3.39. The predicted octanol–water partition coefficient (Wildman–Crippen LogP) is 1.51. The zero-order valence-electron chi connectivity index (χ0n) is 12.8. The van der Waals surface area contributed by atoms with Crippen molar-refractivity contribution in [2.45, 2.75) is 32.6 Å². The van der Waals surface area contributed by atoms with Gasteiger partial charge in [-0.15, -0.1) is 0 Å². The SMILES string of the molecule is CCNS(=O)(=O)Nc1ccc(CCC(=O)N2CCCC2)cc1. The molecule has 0 saturated carbocycles. The van der Waals surface area contributed by atoms with Gasteiger partial charge in [-0.3, -0.25) is 9.52 Å². The normalized spacial score (nSPS) is 15.0. The Balaban J connectivity index is 1.85. The molecular weight excluding hydrogens is 302 g/mol. The molecule has 1 saturated heterocycles. The average molecular weight is 325 g/mol. The van der Waals surface area contributed by atoms with Crippen LogP contribution in [0.1, 0.15) is 31.7 Å². The minimum Gasteiger partial charge on any atom is -0.343 e. The topological polar surface area (TPSA) is 78.5 Å². The van der Waals surface area contributed by atoms with Gasteiger partial charge in [0.15, 0.2) is 0 Å². The first-order chi connectivity index (χ1) is 10.5. The summed E-state index contributed by atoms with van der Waals surface area (Å²) in [5.41, 5.74) is 1.54. The molecule has 7 heteroatoms. The van der Waals surface area contributed by atoms with Crippen molar-refractivity contribution in [2.75, 3.05) is 24.4 Å². The van der Waals surface area contributed by atoms with E-state index in [0.717, 1.165) is 31.5 Å². The second kappa shape index (κ2) is 7.60. The summed E-state index contributed by atoms with van der Waals surface area (Å²) >= 11 is 0. The molecule has 0 aromatic heterocycles. The Morgan fingerprint density at radius 1 is 1.18 bits per heavy atom. The number of hydrogen-bond donors (Lipinski definition) is 2. The van der Waals surface area contributed by atoms with Gasteiger partial charge in [-0.25, -0.2) is 0 Å². The standard InChI is InChI=1S/C15H23N3O3S/c1-2-16-22(20,21)17-14-8-5-13(6-9-14)7-10-15(19)18-11-3-4-12-18/h5-6,8-9,16-17H,2-4,7,10-12H2,1H3. The van der Waals surface area contributed by atoms with Crippen LogP contribution in [0.25, 0.3) is 0 Å². The number of nitrogens with zero attached hydrogens (tertiary/aromatic N) is 1. The van der Waals surface area contributed by atoms with Crippen molar-refractivity contribution in [1.82, 2.24) is 9.62 Å². The van der Waals surface area contributed by atoms with Crippen LogP contribution in [-0.4, -0.2) is 38.9 Å². The molecule has 0 bridgehead atoms. The molecule has 1 fully saturated rings. The lowest BCUT2D eigenvalue weighted by Crippen LogP contribution is -2.29. The van der Waals surface area contributed by atoms with E-state index in [0.29, 0.717) is 25.1 Å². The maximum Gasteiger partial charge on any atom is 0.299 e. The van der Waals surface area contributed by atoms with Crippen molar-refractivity contribution in [3.8, 4) is 0 Å². The van der Waals surface area contributed by atoms with Crippen molar-refractivity contribution >= 4 is 21.8 Å². The maximum absolute atomic E-state index is 12.0. The van der Waals surface area contributed by atoms with Crippen molar-refractivity contribution < 1.29 is 13.2 Å². The molecular formula is C15H23N3O3S. The number of amides is 1. The van der Waals surface area contributed by atoms with Crippen LogP contribution in [-0.2, 0) is 21.4 Å². The summed E-state index contributed by atoms with van der Waals surface area (Å²) in [4.78, 5) is 13.9. The van der Waals surface area contributed by atoms with Gasteiger partial charge in [-0.05, 0) is 37.0 Å². The lowest BCUT2D eigenvalue weighted by Gasteiger charge is -2.15. The molecule has 22 heavy (non-hydrogen) atoms. The van der Waals surface area contributed by atoms with Gasteiger partial charge in [-0.2, -0.15) is 13.1 Å². The fourth-order valence-electron chi connectivity index (χ4n) is 2.50. The number of likely N-dealkylation sites (tertiary alicyclic amines) is 1. The summed E-state index contributed by atoms with van der Waals surface area (Å²) in [5.74, 6) is 0.203. The number of carbonyl (C=O) groups excluding carboxylic acids is 1. The fourth-order valence-corrected chi connectivity index (χ4v) is 3.40. The predicted molar refractivity (Wildman–Crippen MR) is 86.8 cm³/mol. The van der Waals surface area contributed by atoms with Gasteiger partial charge in [0.2, 0.25) is 5.91 Å². The summed E-state index contributed by atoms with van der Waals surface area (Å²) in [6.45, 7) is 3.82. The molecule has 0 atom stereocenters. The molecule has 0 spiro atoms. The number of benzene rings is 1. The largest absolute Gasteiger partial charge is 0.343 e. The molecule has 1 heterocycles. The lowest BCUT2D eigenvalue weighted by molar-refractivity contribution is -0.130. The molecule has 0 radical (unpaired) electrons. The molecule has 1 amide bonds. The third-order valence-corrected chi connectivity index (χ3v) is 4.80. The highest BCUT2D eigenvalue weighted by Crippen LogP contribution is 2.14. The Morgan fingerprint density at radius 3 is 2.41 bits per heavy atom. The van der Waals surface area contributed by atoms with E-state index in [9.17, 15) is 13.2 Å². The molecule has 122 valence electrons. The van der Waals surface area contributed by atoms with E-state index in [1.54, 1.807) is 19.1 Å². The van der Waals surface area contributed by atoms with E-state index in [4.69, 9.17) is 0 Å². The number of rotatable bonds is 7. The van der Waals surface area contributed by atoms with Crippen molar-refractivity contribution in [1.29, 1.82) is 0 Å². The number of hydrogen-bond acceptors (Lipinski definition) is 3. The zero-order valence-corrected chi connectivity index (χ0v) is 13.7. The highest BCUT2D eigenvalue weighted by molar-refractivity contribution is 7.90. The lowest BCUT2D eigenvalue weighted by atomic mass is 10.1. The molecule has 2 N–H and O–H groups in total. The summed E-state index contributed by atoms with van der Waals surface area (Å²) < 4.78 is 28.0. The molecule has 1 aromatic rings. The van der Waals surface area contributed by atoms with Crippen molar-refractivity contribution in [2.24, 2.45) is 0 Å². The van der Waals surface area contributed by atoms with Gasteiger partial charge in [0.25, 0.3) is 10.2 Å². The Labute approximate surface area is 132 Å². The second-order valence-electron chi connectivity index (χ2n) is 5.39. The van der Waals surface area contributed by atoms with Crippen LogP contribution in [0, 0.1) is 0 Å². The summed E-state index contributed by atoms with van der Waals surface area (Å²) in [6, 6.07) is 7.12. The Kier molecular flexibility index (Phi) is 5.79.